The fraction of sp³-hybridized carbons (Fsp3) is 1.00. The van der Waals surface area contributed by atoms with Crippen molar-refractivity contribution in [2.75, 3.05) is 0 Å². The SMILES string of the molecule is CC(O)C(F)(F)C(F)(F)S(=O)(=O)O. The standard InChI is InChI=1S/C4H6F4O4S/c1-2(9)3(5,6)4(7,8)13(10,11)12/h2,9H,1H3,(H,10,11,12). The molecule has 13 heavy (non-hydrogen) atoms. The molecule has 0 rings (SSSR count). The van der Waals surface area contributed by atoms with Crippen molar-refractivity contribution in [3.8, 4) is 0 Å². The first kappa shape index (κ1) is 12.6. The molecule has 0 radical (unpaired) electrons. The van der Waals surface area contributed by atoms with E-state index < -0.39 is 27.4 Å². The van der Waals surface area contributed by atoms with Gasteiger partial charge in [-0.25, -0.2) is 0 Å². The molecule has 0 spiro atoms. The summed E-state index contributed by atoms with van der Waals surface area (Å²) in [5.41, 5.74) is 0. The Morgan fingerprint density at radius 1 is 1.23 bits per heavy atom. The Morgan fingerprint density at radius 2 is 1.54 bits per heavy atom. The van der Waals surface area contributed by atoms with Crippen LogP contribution in [0.15, 0.2) is 0 Å². The van der Waals surface area contributed by atoms with Crippen molar-refractivity contribution in [1.29, 1.82) is 0 Å². The maximum Gasteiger partial charge on any atom is 0.434 e. The maximum atomic E-state index is 12.3. The van der Waals surface area contributed by atoms with Crippen LogP contribution in [0.4, 0.5) is 17.6 Å². The van der Waals surface area contributed by atoms with Crippen LogP contribution >= 0.6 is 0 Å². The Labute approximate surface area is 70.9 Å². The zero-order valence-electron chi connectivity index (χ0n) is 6.21. The van der Waals surface area contributed by atoms with Gasteiger partial charge in [-0.1, -0.05) is 0 Å². The smallest absolute Gasteiger partial charge is 0.387 e. The molecule has 0 aromatic heterocycles. The second-order valence-electron chi connectivity index (χ2n) is 2.29. The summed E-state index contributed by atoms with van der Waals surface area (Å²) in [6.07, 6.45) is -2.90. The lowest BCUT2D eigenvalue weighted by Gasteiger charge is -2.25. The maximum absolute atomic E-state index is 12.3. The van der Waals surface area contributed by atoms with E-state index in [0.717, 1.165) is 0 Å². The van der Waals surface area contributed by atoms with Gasteiger partial charge in [0.25, 0.3) is 0 Å². The fourth-order valence-corrected chi connectivity index (χ4v) is 0.930. The Balaban J connectivity index is 5.29. The van der Waals surface area contributed by atoms with Gasteiger partial charge in [-0.15, -0.1) is 0 Å². The van der Waals surface area contributed by atoms with Gasteiger partial charge in [0, 0.05) is 0 Å². The first-order chi connectivity index (χ1) is 5.44. The van der Waals surface area contributed by atoms with Crippen LogP contribution in [0.1, 0.15) is 6.92 Å². The predicted molar refractivity (Wildman–Crippen MR) is 33.1 cm³/mol. The molecule has 4 nitrogen and oxygen atoms in total. The van der Waals surface area contributed by atoms with Crippen LogP contribution in [-0.2, 0) is 10.1 Å². The van der Waals surface area contributed by atoms with E-state index in [1.54, 1.807) is 0 Å². The lowest BCUT2D eigenvalue weighted by atomic mass is 10.2. The van der Waals surface area contributed by atoms with E-state index in [2.05, 4.69) is 0 Å². The highest BCUT2D eigenvalue weighted by Crippen LogP contribution is 2.40. The van der Waals surface area contributed by atoms with Crippen molar-refractivity contribution in [1.82, 2.24) is 0 Å². The normalized spacial score (nSPS) is 17.2. The van der Waals surface area contributed by atoms with Crippen LogP contribution in [-0.4, -0.2) is 35.4 Å². The summed E-state index contributed by atoms with van der Waals surface area (Å²) in [6, 6.07) is 0. The minimum Gasteiger partial charge on any atom is -0.387 e. The first-order valence-corrected chi connectivity index (χ1v) is 4.29. The molecule has 1 unspecified atom stereocenters. The van der Waals surface area contributed by atoms with Crippen LogP contribution in [0, 0.1) is 0 Å². The van der Waals surface area contributed by atoms with Gasteiger partial charge in [0.2, 0.25) is 0 Å². The largest absolute Gasteiger partial charge is 0.434 e. The number of aliphatic hydroxyl groups is 1. The van der Waals surface area contributed by atoms with E-state index in [4.69, 9.17) is 9.66 Å². The van der Waals surface area contributed by atoms with Gasteiger partial charge < -0.3 is 5.11 Å². The molecule has 0 fully saturated rings. The van der Waals surface area contributed by atoms with E-state index in [1.165, 1.54) is 0 Å². The molecule has 0 heterocycles. The lowest BCUT2D eigenvalue weighted by molar-refractivity contribution is -0.210. The van der Waals surface area contributed by atoms with Crippen LogP contribution < -0.4 is 0 Å². The molecular weight excluding hydrogens is 220 g/mol. The van der Waals surface area contributed by atoms with E-state index >= 15 is 0 Å². The number of hydrogen-bond donors (Lipinski definition) is 2. The summed E-state index contributed by atoms with van der Waals surface area (Å²) in [6.45, 7) is 0.277. The molecule has 2 N–H and O–H groups in total. The van der Waals surface area contributed by atoms with E-state index in [-0.39, 0.29) is 6.92 Å². The lowest BCUT2D eigenvalue weighted by Crippen LogP contribution is -2.52. The van der Waals surface area contributed by atoms with Gasteiger partial charge in [-0.3, -0.25) is 4.55 Å². The van der Waals surface area contributed by atoms with Gasteiger partial charge in [0.1, 0.15) is 6.10 Å². The van der Waals surface area contributed by atoms with Crippen molar-refractivity contribution in [2.45, 2.75) is 24.2 Å². The summed E-state index contributed by atoms with van der Waals surface area (Å²) >= 11 is 0. The highest BCUT2D eigenvalue weighted by molar-refractivity contribution is 7.87. The predicted octanol–water partition coefficient (Wildman–Crippen LogP) is 0.483. The number of alkyl halides is 4. The average Bonchev–Trinajstić information content (AvgIpc) is 1.84. The molecule has 0 saturated carbocycles. The third-order valence-electron chi connectivity index (χ3n) is 1.24. The van der Waals surface area contributed by atoms with E-state index in [0.29, 0.717) is 0 Å². The van der Waals surface area contributed by atoms with E-state index in [1.807, 2.05) is 0 Å². The summed E-state index contributed by atoms with van der Waals surface area (Å²) in [4.78, 5) is 0. The Kier molecular flexibility index (Phi) is 2.97. The molecule has 0 bridgehead atoms. The highest BCUT2D eigenvalue weighted by Gasteiger charge is 2.68. The Hall–Kier alpha value is -0.410. The van der Waals surface area contributed by atoms with Crippen molar-refractivity contribution in [3.63, 3.8) is 0 Å². The van der Waals surface area contributed by atoms with E-state index in [9.17, 15) is 26.0 Å². The number of halogens is 4. The molecule has 0 aromatic carbocycles. The molecule has 9 heteroatoms. The molecule has 0 aliphatic heterocycles. The summed E-state index contributed by atoms with van der Waals surface area (Å²) in [5, 5.41) is 2.47. The second kappa shape index (κ2) is 3.07. The number of hydrogen-bond acceptors (Lipinski definition) is 3. The van der Waals surface area contributed by atoms with Crippen LogP contribution in [0.25, 0.3) is 0 Å². The van der Waals surface area contributed by atoms with Gasteiger partial charge in [-0.05, 0) is 6.92 Å². The first-order valence-electron chi connectivity index (χ1n) is 2.85. The van der Waals surface area contributed by atoms with Crippen LogP contribution in [0.5, 0.6) is 0 Å². The molecule has 0 aliphatic rings. The molecule has 1 atom stereocenters. The van der Waals surface area contributed by atoms with Gasteiger partial charge in [0.15, 0.2) is 0 Å². The minimum absolute atomic E-state index is 0.277. The summed E-state index contributed by atoms with van der Waals surface area (Å²) in [5.74, 6) is -5.24. The number of aliphatic hydroxyl groups excluding tert-OH is 1. The zero-order valence-corrected chi connectivity index (χ0v) is 7.02. The summed E-state index contributed by atoms with van der Waals surface area (Å²) in [7, 11) is -6.25. The monoisotopic (exact) mass is 226 g/mol. The molecule has 0 saturated heterocycles. The molecule has 0 aliphatic carbocycles. The molecule has 0 amide bonds. The topological polar surface area (TPSA) is 74.6 Å². The highest BCUT2D eigenvalue weighted by atomic mass is 32.2. The van der Waals surface area contributed by atoms with Crippen molar-refractivity contribution >= 4 is 10.1 Å². The molecular formula is C4H6F4O4S. The third-order valence-corrected chi connectivity index (χ3v) is 2.16. The third kappa shape index (κ3) is 1.92. The average molecular weight is 226 g/mol. The quantitative estimate of drug-likeness (QED) is 0.542. The van der Waals surface area contributed by atoms with Gasteiger partial charge >= 0.3 is 21.3 Å². The minimum atomic E-state index is -6.25. The fourth-order valence-electron chi connectivity index (χ4n) is 0.415. The van der Waals surface area contributed by atoms with Crippen molar-refractivity contribution < 1.29 is 35.6 Å². The zero-order chi connectivity index (χ0) is 11.1. The molecule has 0 aromatic rings. The number of rotatable bonds is 3. The molecule has 80 valence electrons. The Morgan fingerprint density at radius 3 is 1.62 bits per heavy atom. The second-order valence-corrected chi connectivity index (χ2v) is 3.75. The Bertz CT molecular complexity index is 283. The van der Waals surface area contributed by atoms with Crippen LogP contribution in [0.3, 0.4) is 0 Å². The van der Waals surface area contributed by atoms with Crippen molar-refractivity contribution in [2.24, 2.45) is 0 Å². The van der Waals surface area contributed by atoms with Crippen molar-refractivity contribution in [3.05, 3.63) is 0 Å². The van der Waals surface area contributed by atoms with Gasteiger partial charge in [-0.2, -0.15) is 26.0 Å². The van der Waals surface area contributed by atoms with Gasteiger partial charge in [0.05, 0.1) is 0 Å². The summed E-state index contributed by atoms with van der Waals surface area (Å²) < 4.78 is 76.4. The van der Waals surface area contributed by atoms with Crippen LogP contribution in [0.2, 0.25) is 0 Å².